The molecule has 0 unspecified atom stereocenters. The van der Waals surface area contributed by atoms with E-state index in [4.69, 9.17) is 6.42 Å². The number of pyridine rings is 1. The van der Waals surface area contributed by atoms with Gasteiger partial charge in [-0.15, -0.1) is 29.1 Å². The standard InChI is InChI=1S/C17H18N6S/c1-3-5-8-17(21-22-17)9-12-24-16-20-19-15(23(16)11-4-2)14-7-6-10-18-13-14/h1,4,6-7,10,13H,2,5,8-9,11-12H2. The minimum absolute atomic E-state index is 0.255. The average molecular weight is 338 g/mol. The summed E-state index contributed by atoms with van der Waals surface area (Å²) in [6.07, 6.45) is 13.1. The summed E-state index contributed by atoms with van der Waals surface area (Å²) in [5, 5.41) is 17.8. The molecule has 0 bridgehead atoms. The molecule has 0 aromatic carbocycles. The SMILES string of the molecule is C#CCCC1(CCSc2nnc(-c3cccnc3)n2CC=C)N=N1. The molecule has 7 heteroatoms. The highest BCUT2D eigenvalue weighted by molar-refractivity contribution is 7.99. The van der Waals surface area contributed by atoms with Gasteiger partial charge in [0.05, 0.1) is 0 Å². The van der Waals surface area contributed by atoms with Crippen molar-refractivity contribution in [3.8, 4) is 23.7 Å². The van der Waals surface area contributed by atoms with Crippen molar-refractivity contribution in [2.45, 2.75) is 36.6 Å². The number of hydrogen-bond acceptors (Lipinski definition) is 6. The van der Waals surface area contributed by atoms with Gasteiger partial charge in [0.25, 0.3) is 0 Å². The zero-order valence-electron chi connectivity index (χ0n) is 13.3. The van der Waals surface area contributed by atoms with Crippen LogP contribution in [0.25, 0.3) is 11.4 Å². The number of aromatic nitrogens is 4. The van der Waals surface area contributed by atoms with Gasteiger partial charge in [0.2, 0.25) is 0 Å². The maximum atomic E-state index is 5.32. The lowest BCUT2D eigenvalue weighted by molar-refractivity contribution is 0.543. The largest absolute Gasteiger partial charge is 0.298 e. The third-order valence-electron chi connectivity index (χ3n) is 3.73. The summed E-state index contributed by atoms with van der Waals surface area (Å²) in [5.41, 5.74) is 0.686. The Balaban J connectivity index is 1.67. The van der Waals surface area contributed by atoms with Crippen molar-refractivity contribution in [3.05, 3.63) is 37.2 Å². The first-order chi connectivity index (χ1) is 11.8. The van der Waals surface area contributed by atoms with E-state index in [-0.39, 0.29) is 5.66 Å². The van der Waals surface area contributed by atoms with Crippen LogP contribution in [0.4, 0.5) is 0 Å². The van der Waals surface area contributed by atoms with Crippen LogP contribution in [0, 0.1) is 12.3 Å². The third-order valence-corrected chi connectivity index (χ3v) is 4.70. The minimum Gasteiger partial charge on any atom is -0.298 e. The first-order valence-corrected chi connectivity index (χ1v) is 8.71. The van der Waals surface area contributed by atoms with E-state index in [9.17, 15) is 0 Å². The summed E-state index contributed by atoms with van der Waals surface area (Å²) in [4.78, 5) is 4.15. The quantitative estimate of drug-likeness (QED) is 0.398. The molecule has 1 aliphatic rings. The number of thioether (sulfide) groups is 1. The van der Waals surface area contributed by atoms with Gasteiger partial charge < -0.3 is 0 Å². The number of hydrogen-bond donors (Lipinski definition) is 0. The molecule has 3 heterocycles. The summed E-state index contributed by atoms with van der Waals surface area (Å²) in [7, 11) is 0. The van der Waals surface area contributed by atoms with Crippen molar-refractivity contribution in [2.75, 3.05) is 5.75 Å². The molecule has 0 amide bonds. The molecular formula is C17H18N6S. The van der Waals surface area contributed by atoms with E-state index >= 15 is 0 Å². The van der Waals surface area contributed by atoms with Gasteiger partial charge in [-0.1, -0.05) is 17.8 Å². The van der Waals surface area contributed by atoms with E-state index in [1.54, 1.807) is 24.2 Å². The maximum absolute atomic E-state index is 5.32. The molecule has 0 saturated heterocycles. The Labute approximate surface area is 145 Å². The van der Waals surface area contributed by atoms with Crippen molar-refractivity contribution < 1.29 is 0 Å². The lowest BCUT2D eigenvalue weighted by Crippen LogP contribution is -2.11. The summed E-state index contributed by atoms with van der Waals surface area (Å²) >= 11 is 1.65. The van der Waals surface area contributed by atoms with Crippen LogP contribution in [0.3, 0.4) is 0 Å². The molecule has 0 spiro atoms. The Kier molecular flexibility index (Phi) is 5.06. The van der Waals surface area contributed by atoms with E-state index in [1.807, 2.05) is 22.8 Å². The van der Waals surface area contributed by atoms with Crippen LogP contribution < -0.4 is 0 Å². The molecule has 0 atom stereocenters. The second-order valence-electron chi connectivity index (χ2n) is 5.43. The first-order valence-electron chi connectivity index (χ1n) is 7.73. The Morgan fingerprint density at radius 1 is 1.33 bits per heavy atom. The van der Waals surface area contributed by atoms with E-state index in [2.05, 4.69) is 37.9 Å². The lowest BCUT2D eigenvalue weighted by atomic mass is 10.1. The molecule has 0 N–H and O–H groups in total. The summed E-state index contributed by atoms with van der Waals surface area (Å²) in [5.74, 6) is 4.31. The fourth-order valence-electron chi connectivity index (χ4n) is 2.37. The molecule has 0 fully saturated rings. The summed E-state index contributed by atoms with van der Waals surface area (Å²) < 4.78 is 2.05. The molecule has 2 aromatic heterocycles. The molecule has 24 heavy (non-hydrogen) atoms. The lowest BCUT2D eigenvalue weighted by Gasteiger charge is -2.09. The van der Waals surface area contributed by atoms with Crippen molar-refractivity contribution in [3.63, 3.8) is 0 Å². The highest BCUT2D eigenvalue weighted by atomic mass is 32.2. The molecule has 0 saturated carbocycles. The average Bonchev–Trinajstić information content (AvgIpc) is 3.28. The van der Waals surface area contributed by atoms with Gasteiger partial charge >= 0.3 is 0 Å². The highest BCUT2D eigenvalue weighted by Gasteiger charge is 2.38. The zero-order valence-corrected chi connectivity index (χ0v) is 14.1. The monoisotopic (exact) mass is 338 g/mol. The zero-order chi connectivity index (χ0) is 16.8. The second kappa shape index (κ2) is 7.41. The summed E-state index contributed by atoms with van der Waals surface area (Å²) in [6.45, 7) is 4.47. The summed E-state index contributed by atoms with van der Waals surface area (Å²) in [6, 6.07) is 3.86. The van der Waals surface area contributed by atoms with Gasteiger partial charge in [-0.3, -0.25) is 9.55 Å². The molecule has 1 aliphatic heterocycles. The smallest absolute Gasteiger partial charge is 0.192 e. The number of allylic oxidation sites excluding steroid dienone is 1. The van der Waals surface area contributed by atoms with Crippen LogP contribution in [-0.2, 0) is 6.54 Å². The Morgan fingerprint density at radius 2 is 2.21 bits per heavy atom. The molecule has 3 rings (SSSR count). The molecule has 0 aliphatic carbocycles. The maximum Gasteiger partial charge on any atom is 0.192 e. The number of rotatable bonds is 9. The predicted octanol–water partition coefficient (Wildman–Crippen LogP) is 3.58. The van der Waals surface area contributed by atoms with E-state index in [1.165, 1.54) is 0 Å². The van der Waals surface area contributed by atoms with Crippen molar-refractivity contribution in [2.24, 2.45) is 10.2 Å². The van der Waals surface area contributed by atoms with Crippen LogP contribution in [-0.4, -0.2) is 31.2 Å². The topological polar surface area (TPSA) is 68.3 Å². The van der Waals surface area contributed by atoms with E-state index in [0.29, 0.717) is 13.0 Å². The molecule has 122 valence electrons. The van der Waals surface area contributed by atoms with Crippen molar-refractivity contribution in [1.82, 2.24) is 19.7 Å². The van der Waals surface area contributed by atoms with Crippen LogP contribution in [0.15, 0.2) is 52.6 Å². The molecular weight excluding hydrogens is 320 g/mol. The van der Waals surface area contributed by atoms with Crippen molar-refractivity contribution >= 4 is 11.8 Å². The van der Waals surface area contributed by atoms with Crippen molar-refractivity contribution in [1.29, 1.82) is 0 Å². The highest BCUT2D eigenvalue weighted by Crippen LogP contribution is 2.38. The van der Waals surface area contributed by atoms with Gasteiger partial charge in [-0.2, -0.15) is 10.2 Å². The fraction of sp³-hybridized carbons (Fsp3) is 0.353. The van der Waals surface area contributed by atoms with E-state index < -0.39 is 0 Å². The minimum atomic E-state index is -0.255. The second-order valence-corrected chi connectivity index (χ2v) is 6.49. The Hall–Kier alpha value is -2.46. The van der Waals surface area contributed by atoms with Gasteiger partial charge in [0.1, 0.15) is 0 Å². The van der Waals surface area contributed by atoms with Crippen LogP contribution in [0.1, 0.15) is 19.3 Å². The predicted molar refractivity (Wildman–Crippen MR) is 94.4 cm³/mol. The Bertz CT molecular complexity index is 768. The van der Waals surface area contributed by atoms with Gasteiger partial charge in [-0.05, 0) is 12.1 Å². The van der Waals surface area contributed by atoms with Crippen LogP contribution in [0.5, 0.6) is 0 Å². The Morgan fingerprint density at radius 3 is 2.88 bits per heavy atom. The first kappa shape index (κ1) is 16.4. The van der Waals surface area contributed by atoms with Gasteiger partial charge in [0.15, 0.2) is 16.6 Å². The molecule has 6 nitrogen and oxygen atoms in total. The van der Waals surface area contributed by atoms with Gasteiger partial charge in [-0.25, -0.2) is 0 Å². The molecule has 2 aromatic rings. The van der Waals surface area contributed by atoms with Crippen LogP contribution in [0.2, 0.25) is 0 Å². The van der Waals surface area contributed by atoms with Crippen LogP contribution >= 0.6 is 11.8 Å². The van der Waals surface area contributed by atoms with E-state index in [0.717, 1.165) is 35.1 Å². The third kappa shape index (κ3) is 3.71. The molecule has 0 radical (unpaired) electrons. The fourth-order valence-corrected chi connectivity index (χ4v) is 3.40. The number of nitrogens with zero attached hydrogens (tertiary/aromatic N) is 6. The normalized spacial score (nSPS) is 14.3. The number of terminal acetylenes is 1. The van der Waals surface area contributed by atoms with Gasteiger partial charge in [0, 0.05) is 49.5 Å².